The van der Waals surface area contributed by atoms with Crippen molar-refractivity contribution in [3.8, 4) is 76.8 Å². The van der Waals surface area contributed by atoms with E-state index in [1.165, 1.54) is 268 Å². The standard InChI is InChI=1S/C80H100N2S2/c1-7-13-19-25-33-63-41-47-75(83-63)61-39-45-69-67-43-37-59(55-71(67)79(73(69)57-61,49-27-21-15-9-3)50-28-22-16-10-4)65-35-31-53-81-77(65)78-66(36-32-54-82-78)60-38-44-68-70-46-40-62(76-48-42-64(84-76)34-26-20-14-8-2)58-74(70)80(72(68)56-60,51-29-23-17-11-5)52-30-24-18-12-6/h31-32,35-48,53-58H,7-30,33-34,49-52H2,1-6H3. The van der Waals surface area contributed by atoms with Crippen LogP contribution < -0.4 is 0 Å². The molecule has 2 aliphatic carbocycles. The molecule has 0 unspecified atom stereocenters. The number of unbranched alkanes of at least 4 members (excludes halogenated alkanes) is 18. The fourth-order valence-corrected chi connectivity index (χ4v) is 16.9. The van der Waals surface area contributed by atoms with E-state index in [2.05, 4.69) is 163 Å². The topological polar surface area (TPSA) is 25.8 Å². The first-order valence-corrected chi connectivity index (χ1v) is 35.7. The van der Waals surface area contributed by atoms with Gasteiger partial charge in [0, 0.05) is 53.9 Å². The van der Waals surface area contributed by atoms with E-state index in [1.807, 2.05) is 35.1 Å². The number of hydrogen-bond donors (Lipinski definition) is 0. The van der Waals surface area contributed by atoms with Crippen molar-refractivity contribution in [2.75, 3.05) is 0 Å². The SMILES string of the molecule is CCCCCCc1ccc(-c2ccc3c(c2)C(CCCCCC)(CCCCCC)c2cc(-c4cccnc4-c4ncccc4-c4ccc5c(c4)C(CCCCCC)(CCCCCC)c4cc(-c6ccc(CCCCCC)s6)ccc4-5)ccc2-3)s1. The summed E-state index contributed by atoms with van der Waals surface area (Å²) >= 11 is 4.05. The van der Waals surface area contributed by atoms with Gasteiger partial charge >= 0.3 is 0 Å². The van der Waals surface area contributed by atoms with Crippen molar-refractivity contribution in [1.29, 1.82) is 0 Å². The van der Waals surface area contributed by atoms with E-state index in [4.69, 9.17) is 9.97 Å². The van der Waals surface area contributed by atoms with Gasteiger partial charge in [-0.05, 0) is 179 Å². The molecule has 4 aromatic heterocycles. The number of hydrogen-bond acceptors (Lipinski definition) is 4. The minimum atomic E-state index is -0.0557. The van der Waals surface area contributed by atoms with Crippen LogP contribution in [0.2, 0.25) is 0 Å². The van der Waals surface area contributed by atoms with Crippen molar-refractivity contribution in [1.82, 2.24) is 9.97 Å². The summed E-state index contributed by atoms with van der Waals surface area (Å²) in [6, 6.07) is 48.7. The Kier molecular flexibility index (Phi) is 22.2. The number of nitrogens with zero attached hydrogens (tertiary/aromatic N) is 2. The fraction of sp³-hybridized carbons (Fsp3) is 0.475. The Morgan fingerprint density at radius 2 is 0.607 bits per heavy atom. The van der Waals surface area contributed by atoms with Crippen LogP contribution in [0.5, 0.6) is 0 Å². The maximum atomic E-state index is 5.35. The van der Waals surface area contributed by atoms with Crippen LogP contribution in [-0.4, -0.2) is 9.97 Å². The molecule has 4 heteroatoms. The fourth-order valence-electron chi connectivity index (χ4n) is 14.8. The van der Waals surface area contributed by atoms with Crippen LogP contribution in [0.3, 0.4) is 0 Å². The zero-order valence-electron chi connectivity index (χ0n) is 52.6. The molecule has 0 atom stereocenters. The third-order valence-electron chi connectivity index (χ3n) is 19.5. The molecule has 0 amide bonds. The molecule has 10 rings (SSSR count). The molecule has 0 saturated carbocycles. The minimum Gasteiger partial charge on any atom is -0.254 e. The van der Waals surface area contributed by atoms with Crippen molar-refractivity contribution < 1.29 is 0 Å². The highest BCUT2D eigenvalue weighted by molar-refractivity contribution is 7.15. The molecule has 0 aliphatic heterocycles. The summed E-state index contributed by atoms with van der Waals surface area (Å²) < 4.78 is 0. The summed E-state index contributed by atoms with van der Waals surface area (Å²) in [5, 5.41) is 0. The van der Waals surface area contributed by atoms with E-state index in [9.17, 15) is 0 Å². The van der Waals surface area contributed by atoms with Gasteiger partial charge in [0.05, 0.1) is 11.4 Å². The van der Waals surface area contributed by atoms with E-state index in [0.29, 0.717) is 0 Å². The Morgan fingerprint density at radius 3 is 0.940 bits per heavy atom. The third-order valence-corrected chi connectivity index (χ3v) is 21.8. The lowest BCUT2D eigenvalue weighted by atomic mass is 9.70. The van der Waals surface area contributed by atoms with E-state index >= 15 is 0 Å². The van der Waals surface area contributed by atoms with Crippen LogP contribution in [-0.2, 0) is 23.7 Å². The van der Waals surface area contributed by atoms with Gasteiger partial charge in [0.2, 0.25) is 0 Å². The summed E-state index contributed by atoms with van der Waals surface area (Å²) in [5.74, 6) is 0. The molecule has 0 bridgehead atoms. The predicted molar refractivity (Wildman–Crippen MR) is 368 cm³/mol. The molecule has 0 spiro atoms. The minimum absolute atomic E-state index is 0.0557. The van der Waals surface area contributed by atoms with Crippen LogP contribution in [0, 0.1) is 0 Å². The lowest BCUT2D eigenvalue weighted by molar-refractivity contribution is 0.401. The number of thiophene rings is 2. The van der Waals surface area contributed by atoms with Crippen molar-refractivity contribution in [2.45, 2.75) is 245 Å². The molecule has 84 heavy (non-hydrogen) atoms. The monoisotopic (exact) mass is 1150 g/mol. The number of aryl methyl sites for hydroxylation is 2. The van der Waals surface area contributed by atoms with Crippen molar-refractivity contribution in [2.24, 2.45) is 0 Å². The van der Waals surface area contributed by atoms with Crippen LogP contribution in [0.15, 0.2) is 134 Å². The summed E-state index contributed by atoms with van der Waals surface area (Å²) in [7, 11) is 0. The first kappa shape index (κ1) is 61.7. The number of aromatic nitrogens is 2. The second kappa shape index (κ2) is 30.3. The lowest BCUT2D eigenvalue weighted by Gasteiger charge is -2.33. The Balaban J connectivity index is 1.05. The molecule has 2 nitrogen and oxygen atoms in total. The van der Waals surface area contributed by atoms with E-state index in [0.717, 1.165) is 22.5 Å². The molecule has 442 valence electrons. The Bertz CT molecular complexity index is 3120. The van der Waals surface area contributed by atoms with Crippen LogP contribution >= 0.6 is 22.7 Å². The van der Waals surface area contributed by atoms with Crippen molar-refractivity contribution in [3.05, 3.63) is 166 Å². The van der Waals surface area contributed by atoms with Gasteiger partial charge in [0.25, 0.3) is 0 Å². The van der Waals surface area contributed by atoms with Crippen LogP contribution in [0.1, 0.15) is 253 Å². The lowest BCUT2D eigenvalue weighted by Crippen LogP contribution is -2.25. The van der Waals surface area contributed by atoms with Crippen molar-refractivity contribution >= 4 is 22.7 Å². The molecule has 0 fully saturated rings. The second-order valence-corrected chi connectivity index (χ2v) is 27.7. The zero-order chi connectivity index (χ0) is 58.1. The van der Waals surface area contributed by atoms with Gasteiger partial charge in [-0.25, -0.2) is 0 Å². The first-order chi connectivity index (χ1) is 41.4. The average molecular weight is 1150 g/mol. The molecule has 0 radical (unpaired) electrons. The molecule has 2 aliphatic rings. The maximum Gasteiger partial charge on any atom is 0.0970 e. The molecule has 4 heterocycles. The molecule has 0 saturated heterocycles. The van der Waals surface area contributed by atoms with E-state index in [1.54, 1.807) is 11.1 Å². The van der Waals surface area contributed by atoms with Crippen LogP contribution in [0.4, 0.5) is 0 Å². The largest absolute Gasteiger partial charge is 0.254 e. The predicted octanol–water partition coefficient (Wildman–Crippen LogP) is 25.6. The number of rotatable bonds is 35. The van der Waals surface area contributed by atoms with E-state index < -0.39 is 0 Å². The van der Waals surface area contributed by atoms with E-state index in [-0.39, 0.29) is 10.8 Å². The summed E-state index contributed by atoms with van der Waals surface area (Å²) in [6.07, 6.45) is 41.8. The highest BCUT2D eigenvalue weighted by atomic mass is 32.1. The molecular weight excluding hydrogens is 1050 g/mol. The molecule has 8 aromatic rings. The summed E-state index contributed by atoms with van der Waals surface area (Å²) in [6.45, 7) is 14.0. The number of benzene rings is 4. The van der Waals surface area contributed by atoms with Gasteiger partial charge in [-0.1, -0.05) is 243 Å². The summed E-state index contributed by atoms with van der Waals surface area (Å²) in [4.78, 5) is 16.6. The molecule has 4 aromatic carbocycles. The smallest absolute Gasteiger partial charge is 0.0970 e. The quantitative estimate of drug-likeness (QED) is 0.0370. The van der Waals surface area contributed by atoms with Gasteiger partial charge < -0.3 is 0 Å². The Labute approximate surface area is 516 Å². The van der Waals surface area contributed by atoms with Gasteiger partial charge in [0.1, 0.15) is 0 Å². The number of fused-ring (bicyclic) bond motifs is 6. The van der Waals surface area contributed by atoms with Gasteiger partial charge in [-0.2, -0.15) is 0 Å². The highest BCUT2D eigenvalue weighted by Gasteiger charge is 2.44. The zero-order valence-corrected chi connectivity index (χ0v) is 54.3. The average Bonchev–Trinajstić information content (AvgIpc) is 2.27. The second-order valence-electron chi connectivity index (χ2n) is 25.4. The van der Waals surface area contributed by atoms with Gasteiger partial charge in [0.15, 0.2) is 0 Å². The highest BCUT2D eigenvalue weighted by Crippen LogP contribution is 2.58. The summed E-state index contributed by atoms with van der Waals surface area (Å²) in [5.41, 5.74) is 21.3. The third kappa shape index (κ3) is 13.7. The number of pyridine rings is 2. The van der Waals surface area contributed by atoms with Gasteiger partial charge in [-0.15, -0.1) is 22.7 Å². The maximum absolute atomic E-state index is 5.35. The van der Waals surface area contributed by atoms with Crippen molar-refractivity contribution in [3.63, 3.8) is 0 Å². The Hall–Kier alpha value is -5.42. The molecular formula is C80H100N2S2. The Morgan fingerprint density at radius 1 is 0.298 bits per heavy atom. The van der Waals surface area contributed by atoms with Crippen LogP contribution in [0.25, 0.3) is 76.8 Å². The van der Waals surface area contributed by atoms with Gasteiger partial charge in [-0.3, -0.25) is 9.97 Å². The first-order valence-electron chi connectivity index (χ1n) is 34.1. The molecule has 0 N–H and O–H groups in total. The normalized spacial score (nSPS) is 13.5.